The van der Waals surface area contributed by atoms with Crippen molar-refractivity contribution in [3.05, 3.63) is 65.9 Å². The molecule has 5 nitrogen and oxygen atoms in total. The minimum absolute atomic E-state index is 0.317. The number of rotatable bonds is 5. The third kappa shape index (κ3) is 3.77. The Kier molecular flexibility index (Phi) is 5.65. The second kappa shape index (κ2) is 8.50. The predicted molar refractivity (Wildman–Crippen MR) is 109 cm³/mol. The molecule has 2 heterocycles. The Morgan fingerprint density at radius 1 is 1.07 bits per heavy atom. The molecular weight excluding hydrogens is 352 g/mol. The molecule has 0 unspecified atom stereocenters. The molecule has 1 saturated heterocycles. The Morgan fingerprint density at radius 2 is 1.79 bits per heavy atom. The normalized spacial score (nSPS) is 14.9. The largest absolute Gasteiger partial charge is 0.462 e. The molecule has 0 N–H and O–H groups in total. The summed E-state index contributed by atoms with van der Waals surface area (Å²) in [5.41, 5.74) is 4.11. The van der Waals surface area contributed by atoms with E-state index in [9.17, 15) is 4.79 Å². The van der Waals surface area contributed by atoms with Crippen molar-refractivity contribution >= 4 is 16.9 Å². The summed E-state index contributed by atoms with van der Waals surface area (Å²) in [6, 6.07) is 18.0. The molecule has 28 heavy (non-hydrogen) atoms. The van der Waals surface area contributed by atoms with E-state index in [2.05, 4.69) is 4.90 Å². The van der Waals surface area contributed by atoms with Gasteiger partial charge in [0.05, 0.1) is 36.6 Å². The number of morpholine rings is 1. The van der Waals surface area contributed by atoms with Crippen LogP contribution in [0, 0.1) is 0 Å². The zero-order chi connectivity index (χ0) is 19.3. The summed E-state index contributed by atoms with van der Waals surface area (Å²) in [6.45, 7) is 5.83. The standard InChI is InChI=1S/C23H24N2O3/c1-2-28-23(26)22-20(16-25-12-14-27-15-13-25)24-19-11-7-6-10-18(19)21(22)17-8-4-3-5-9-17/h3-11H,2,12-16H2,1H3. The van der Waals surface area contributed by atoms with Gasteiger partial charge in [0.25, 0.3) is 0 Å². The number of nitrogens with zero attached hydrogens (tertiary/aromatic N) is 2. The molecule has 0 atom stereocenters. The van der Waals surface area contributed by atoms with Crippen molar-refractivity contribution in [2.45, 2.75) is 13.5 Å². The second-order valence-corrected chi connectivity index (χ2v) is 6.80. The summed E-state index contributed by atoms with van der Waals surface area (Å²) < 4.78 is 10.9. The first kappa shape index (κ1) is 18.6. The van der Waals surface area contributed by atoms with Crippen molar-refractivity contribution < 1.29 is 14.3 Å². The van der Waals surface area contributed by atoms with Gasteiger partial charge in [-0.25, -0.2) is 4.79 Å². The van der Waals surface area contributed by atoms with Crippen molar-refractivity contribution in [1.29, 1.82) is 0 Å². The number of benzene rings is 2. The minimum Gasteiger partial charge on any atom is -0.462 e. The Morgan fingerprint density at radius 3 is 2.54 bits per heavy atom. The van der Waals surface area contributed by atoms with Gasteiger partial charge in [0.2, 0.25) is 0 Å². The third-order valence-corrected chi connectivity index (χ3v) is 4.99. The Hall–Kier alpha value is -2.76. The monoisotopic (exact) mass is 376 g/mol. The Bertz CT molecular complexity index is 966. The molecule has 0 aliphatic carbocycles. The average molecular weight is 376 g/mol. The van der Waals surface area contributed by atoms with Gasteiger partial charge in [-0.05, 0) is 18.6 Å². The van der Waals surface area contributed by atoms with Gasteiger partial charge in [-0.2, -0.15) is 0 Å². The maximum absolute atomic E-state index is 13.0. The maximum Gasteiger partial charge on any atom is 0.340 e. The van der Waals surface area contributed by atoms with Crippen LogP contribution in [0.4, 0.5) is 0 Å². The number of ether oxygens (including phenoxy) is 2. The quantitative estimate of drug-likeness (QED) is 0.632. The molecule has 2 aromatic carbocycles. The third-order valence-electron chi connectivity index (χ3n) is 4.99. The van der Waals surface area contributed by atoms with Crippen molar-refractivity contribution in [1.82, 2.24) is 9.88 Å². The number of carbonyl (C=O) groups is 1. The van der Waals surface area contributed by atoms with Gasteiger partial charge in [0.15, 0.2) is 0 Å². The lowest BCUT2D eigenvalue weighted by Gasteiger charge is -2.27. The molecule has 5 heteroatoms. The van der Waals surface area contributed by atoms with E-state index in [0.717, 1.165) is 40.8 Å². The number of fused-ring (bicyclic) bond motifs is 1. The minimum atomic E-state index is -0.317. The van der Waals surface area contributed by atoms with Crippen LogP contribution in [0.25, 0.3) is 22.0 Å². The van der Waals surface area contributed by atoms with Crippen LogP contribution < -0.4 is 0 Å². The van der Waals surface area contributed by atoms with E-state index in [1.807, 2.05) is 61.5 Å². The molecule has 144 valence electrons. The number of aromatic nitrogens is 1. The number of pyridine rings is 1. The summed E-state index contributed by atoms with van der Waals surface area (Å²) >= 11 is 0. The maximum atomic E-state index is 13.0. The van der Waals surface area contributed by atoms with Crippen molar-refractivity contribution in [2.24, 2.45) is 0 Å². The van der Waals surface area contributed by atoms with Crippen LogP contribution in [0.5, 0.6) is 0 Å². The highest BCUT2D eigenvalue weighted by molar-refractivity contribution is 6.07. The zero-order valence-corrected chi connectivity index (χ0v) is 16.1. The summed E-state index contributed by atoms with van der Waals surface area (Å²) in [5, 5.41) is 0.961. The molecule has 1 aliphatic rings. The molecule has 1 aromatic heterocycles. The van der Waals surface area contributed by atoms with Gasteiger partial charge in [-0.3, -0.25) is 9.88 Å². The lowest BCUT2D eigenvalue weighted by Crippen LogP contribution is -2.36. The number of hydrogen-bond donors (Lipinski definition) is 0. The van der Waals surface area contributed by atoms with Crippen LogP contribution in [-0.4, -0.2) is 48.8 Å². The van der Waals surface area contributed by atoms with Crippen molar-refractivity contribution in [2.75, 3.05) is 32.9 Å². The molecule has 1 aliphatic heterocycles. The van der Waals surface area contributed by atoms with E-state index in [0.29, 0.717) is 31.9 Å². The number of hydrogen-bond acceptors (Lipinski definition) is 5. The molecule has 0 spiro atoms. The lowest BCUT2D eigenvalue weighted by molar-refractivity contribution is 0.0331. The Balaban J connectivity index is 1.93. The smallest absolute Gasteiger partial charge is 0.340 e. The summed E-state index contributed by atoms with van der Waals surface area (Å²) in [6.07, 6.45) is 0. The fourth-order valence-corrected chi connectivity index (χ4v) is 3.68. The van der Waals surface area contributed by atoms with Crippen molar-refractivity contribution in [3.8, 4) is 11.1 Å². The SMILES string of the molecule is CCOC(=O)c1c(CN2CCOCC2)nc2ccccc2c1-c1ccccc1. The Labute approximate surface area is 164 Å². The molecule has 1 fully saturated rings. The number of carbonyl (C=O) groups excluding carboxylic acids is 1. The first-order valence-corrected chi connectivity index (χ1v) is 9.72. The highest BCUT2D eigenvalue weighted by Gasteiger charge is 2.25. The molecule has 0 saturated carbocycles. The van der Waals surface area contributed by atoms with Crippen LogP contribution in [0.1, 0.15) is 23.0 Å². The molecule has 3 aromatic rings. The molecular formula is C23H24N2O3. The first-order valence-electron chi connectivity index (χ1n) is 9.72. The highest BCUT2D eigenvalue weighted by Crippen LogP contribution is 2.34. The van der Waals surface area contributed by atoms with E-state index in [1.165, 1.54) is 0 Å². The topological polar surface area (TPSA) is 51.7 Å². The molecule has 0 bridgehead atoms. The van der Waals surface area contributed by atoms with Gasteiger partial charge in [0, 0.05) is 30.6 Å². The molecule has 4 rings (SSSR count). The van der Waals surface area contributed by atoms with Gasteiger partial charge in [-0.15, -0.1) is 0 Å². The fraction of sp³-hybridized carbons (Fsp3) is 0.304. The number of esters is 1. The van der Waals surface area contributed by atoms with Crippen LogP contribution in [0.3, 0.4) is 0 Å². The van der Waals surface area contributed by atoms with Crippen LogP contribution in [0.2, 0.25) is 0 Å². The number of para-hydroxylation sites is 1. The summed E-state index contributed by atoms with van der Waals surface area (Å²) in [5.74, 6) is -0.317. The van der Waals surface area contributed by atoms with E-state index in [1.54, 1.807) is 0 Å². The van der Waals surface area contributed by atoms with Gasteiger partial charge >= 0.3 is 5.97 Å². The molecule has 0 amide bonds. The van der Waals surface area contributed by atoms with Gasteiger partial charge < -0.3 is 9.47 Å². The summed E-state index contributed by atoms with van der Waals surface area (Å²) in [7, 11) is 0. The summed E-state index contributed by atoms with van der Waals surface area (Å²) in [4.78, 5) is 20.2. The first-order chi connectivity index (χ1) is 13.8. The predicted octanol–water partition coefficient (Wildman–Crippen LogP) is 3.91. The van der Waals surface area contributed by atoms with Crippen molar-refractivity contribution in [3.63, 3.8) is 0 Å². The average Bonchev–Trinajstić information content (AvgIpc) is 2.74. The van der Waals surface area contributed by atoms with Gasteiger partial charge in [0.1, 0.15) is 0 Å². The van der Waals surface area contributed by atoms with Crippen LogP contribution in [-0.2, 0) is 16.0 Å². The fourth-order valence-electron chi connectivity index (χ4n) is 3.68. The molecule has 0 radical (unpaired) electrons. The van der Waals surface area contributed by atoms with E-state index >= 15 is 0 Å². The van der Waals surface area contributed by atoms with E-state index in [4.69, 9.17) is 14.5 Å². The highest BCUT2D eigenvalue weighted by atomic mass is 16.5. The zero-order valence-electron chi connectivity index (χ0n) is 16.1. The van der Waals surface area contributed by atoms with Crippen LogP contribution >= 0.6 is 0 Å². The van der Waals surface area contributed by atoms with E-state index < -0.39 is 0 Å². The van der Waals surface area contributed by atoms with Gasteiger partial charge in [-0.1, -0.05) is 48.5 Å². The lowest BCUT2D eigenvalue weighted by atomic mass is 9.94. The second-order valence-electron chi connectivity index (χ2n) is 6.80. The van der Waals surface area contributed by atoms with Crippen LogP contribution in [0.15, 0.2) is 54.6 Å². The van der Waals surface area contributed by atoms with E-state index in [-0.39, 0.29) is 5.97 Å².